The van der Waals surface area contributed by atoms with Crippen molar-refractivity contribution in [3.63, 3.8) is 0 Å². The summed E-state index contributed by atoms with van der Waals surface area (Å²) < 4.78 is 34.5. The van der Waals surface area contributed by atoms with Crippen LogP contribution in [0.15, 0.2) is 66.7 Å². The van der Waals surface area contributed by atoms with Crippen molar-refractivity contribution < 1.29 is 28.4 Å². The van der Waals surface area contributed by atoms with E-state index in [2.05, 4.69) is 59.2 Å². The molecule has 0 aromatic heterocycles. The van der Waals surface area contributed by atoms with E-state index in [0.29, 0.717) is 11.5 Å². The fourth-order valence-corrected chi connectivity index (χ4v) is 6.56. The number of fused-ring (bicyclic) bond motifs is 2. The highest BCUT2D eigenvalue weighted by Gasteiger charge is 2.25. The van der Waals surface area contributed by atoms with Gasteiger partial charge >= 0.3 is 0 Å². The summed E-state index contributed by atoms with van der Waals surface area (Å²) in [5.74, 6) is 5.19. The van der Waals surface area contributed by atoms with E-state index in [1.807, 2.05) is 18.2 Å². The molecule has 0 aliphatic carbocycles. The summed E-state index contributed by atoms with van der Waals surface area (Å²) in [6, 6.07) is 23.2. The van der Waals surface area contributed by atoms with Crippen molar-refractivity contribution in [3.05, 3.63) is 100 Å². The van der Waals surface area contributed by atoms with E-state index in [-0.39, 0.29) is 12.1 Å². The Morgan fingerprint density at radius 3 is 1.56 bits per heavy atom. The highest BCUT2D eigenvalue weighted by molar-refractivity contribution is 5.52. The summed E-state index contributed by atoms with van der Waals surface area (Å²) >= 11 is 0. The predicted molar refractivity (Wildman–Crippen MR) is 175 cm³/mol. The smallest absolute Gasteiger partial charge is 0.169 e. The minimum atomic E-state index is 0.154. The first-order chi connectivity index (χ1) is 22.0. The molecule has 2 N–H and O–H groups in total. The van der Waals surface area contributed by atoms with E-state index in [1.165, 1.54) is 27.8 Å². The molecule has 0 saturated heterocycles. The van der Waals surface area contributed by atoms with E-state index in [9.17, 15) is 0 Å². The molecule has 2 atom stereocenters. The Morgan fingerprint density at radius 2 is 1.02 bits per heavy atom. The first kappa shape index (κ1) is 30.6. The van der Waals surface area contributed by atoms with Crippen LogP contribution in [0.5, 0.6) is 40.2 Å². The van der Waals surface area contributed by atoms with Crippen LogP contribution in [0, 0.1) is 0 Å². The Morgan fingerprint density at radius 1 is 0.533 bits per heavy atom. The van der Waals surface area contributed by atoms with Gasteiger partial charge in [0.15, 0.2) is 34.5 Å². The van der Waals surface area contributed by atoms with Crippen LogP contribution in [0.2, 0.25) is 0 Å². The molecule has 4 aromatic carbocycles. The summed E-state index contributed by atoms with van der Waals surface area (Å²) in [6.45, 7) is 1.82. The molecule has 0 amide bonds. The minimum Gasteiger partial charge on any atom is -0.493 e. The molecule has 0 unspecified atom stereocenters. The zero-order valence-corrected chi connectivity index (χ0v) is 26.7. The topological polar surface area (TPSA) is 79.4 Å². The molecule has 236 valence electrons. The van der Waals surface area contributed by atoms with Crippen molar-refractivity contribution in [1.82, 2.24) is 10.6 Å². The van der Waals surface area contributed by atoms with E-state index < -0.39 is 0 Å². The number of rotatable bonds is 11. The van der Waals surface area contributed by atoms with Gasteiger partial charge in [-0.15, -0.1) is 0 Å². The fraction of sp³-hybridized carbons (Fsp3) is 0.351. The Bertz CT molecular complexity index is 1650. The van der Waals surface area contributed by atoms with E-state index >= 15 is 0 Å². The van der Waals surface area contributed by atoms with Crippen LogP contribution < -0.4 is 39.1 Å². The van der Waals surface area contributed by atoms with Gasteiger partial charge in [0.2, 0.25) is 0 Å². The van der Waals surface area contributed by atoms with Crippen LogP contribution in [-0.2, 0) is 25.7 Å². The quantitative estimate of drug-likeness (QED) is 0.203. The van der Waals surface area contributed by atoms with Gasteiger partial charge in [0, 0.05) is 12.1 Å². The van der Waals surface area contributed by atoms with Crippen LogP contribution in [0.25, 0.3) is 0 Å². The zero-order valence-electron chi connectivity index (χ0n) is 26.7. The summed E-state index contributed by atoms with van der Waals surface area (Å²) in [7, 11) is 8.40. The summed E-state index contributed by atoms with van der Waals surface area (Å²) in [6.07, 6.45) is 3.54. The molecule has 0 radical (unpaired) electrons. The first-order valence-corrected chi connectivity index (χ1v) is 15.4. The maximum absolute atomic E-state index is 6.40. The lowest BCUT2D eigenvalue weighted by molar-refractivity contribution is 0.352. The van der Waals surface area contributed by atoms with Crippen molar-refractivity contribution in [2.75, 3.05) is 48.6 Å². The highest BCUT2D eigenvalue weighted by Crippen LogP contribution is 2.39. The molecular weight excluding hydrogens is 568 g/mol. The summed E-state index contributed by atoms with van der Waals surface area (Å²) in [4.78, 5) is 0. The van der Waals surface area contributed by atoms with E-state index in [0.717, 1.165) is 73.1 Å². The number of ether oxygens (including phenoxy) is 6. The van der Waals surface area contributed by atoms with Gasteiger partial charge in [-0.1, -0.05) is 18.2 Å². The molecule has 8 heteroatoms. The van der Waals surface area contributed by atoms with Gasteiger partial charge in [-0.25, -0.2) is 0 Å². The Labute approximate surface area is 265 Å². The lowest BCUT2D eigenvalue weighted by atomic mass is 9.89. The van der Waals surface area contributed by atoms with Crippen LogP contribution in [0.1, 0.15) is 45.5 Å². The highest BCUT2D eigenvalue weighted by atomic mass is 16.5. The third-order valence-electron chi connectivity index (χ3n) is 8.85. The Kier molecular flexibility index (Phi) is 9.33. The van der Waals surface area contributed by atoms with Gasteiger partial charge in [-0.3, -0.25) is 0 Å². The van der Waals surface area contributed by atoms with Gasteiger partial charge in [0.25, 0.3) is 0 Å². The minimum absolute atomic E-state index is 0.154. The van der Waals surface area contributed by atoms with E-state index in [1.54, 1.807) is 35.5 Å². The molecule has 2 aliphatic heterocycles. The zero-order chi connectivity index (χ0) is 31.3. The number of methoxy groups -OCH3 is 5. The monoisotopic (exact) mass is 610 g/mol. The lowest BCUT2D eigenvalue weighted by Crippen LogP contribution is -2.31. The maximum atomic E-state index is 6.40. The largest absolute Gasteiger partial charge is 0.493 e. The maximum Gasteiger partial charge on any atom is 0.169 e. The van der Waals surface area contributed by atoms with Gasteiger partial charge in [0.05, 0.1) is 35.5 Å². The number of hydrogen-bond donors (Lipinski definition) is 2. The van der Waals surface area contributed by atoms with Gasteiger partial charge in [-0.2, -0.15) is 0 Å². The normalized spacial score (nSPS) is 17.1. The molecule has 4 aromatic rings. The first-order valence-electron chi connectivity index (χ1n) is 15.4. The molecule has 0 fully saturated rings. The summed E-state index contributed by atoms with van der Waals surface area (Å²) in [5.41, 5.74) is 7.39. The standard InChI is InChI=1S/C37H42N2O6/c1-40-33-18-24(17-31-29-22-37(44-5)35(42-3)20-26(29)12-14-39-31)9-10-32(33)45-27-8-6-7-23(15-27)16-30-28-21-36(43-4)34(41-2)19-25(28)11-13-38-30/h6-10,15,18-22,30-31,38-39H,11-14,16-17H2,1-5H3/t30-,31-/m1/s1. The third kappa shape index (κ3) is 6.53. The van der Waals surface area contributed by atoms with Crippen LogP contribution in [-0.4, -0.2) is 48.6 Å². The van der Waals surface area contributed by atoms with Crippen LogP contribution in [0.4, 0.5) is 0 Å². The number of benzene rings is 4. The average Bonchev–Trinajstić information content (AvgIpc) is 3.08. The molecular formula is C37H42N2O6. The number of nitrogens with one attached hydrogen (secondary N) is 2. The van der Waals surface area contributed by atoms with Crippen LogP contribution >= 0.6 is 0 Å². The molecule has 6 rings (SSSR count). The average molecular weight is 611 g/mol. The molecule has 2 aliphatic rings. The van der Waals surface area contributed by atoms with Crippen molar-refractivity contribution in [1.29, 1.82) is 0 Å². The SMILES string of the molecule is COc1cc2c(cc1OC)[C@@H](Cc1cccc(Oc3ccc(C[C@H]4NCCc5cc(OC)c(OC)cc54)cc3OC)c1)NCC2. The lowest BCUT2D eigenvalue weighted by Gasteiger charge is -2.28. The fourth-order valence-electron chi connectivity index (χ4n) is 6.56. The van der Waals surface area contributed by atoms with Crippen LogP contribution in [0.3, 0.4) is 0 Å². The van der Waals surface area contributed by atoms with Gasteiger partial charge in [-0.05, 0) is 121 Å². The third-order valence-corrected chi connectivity index (χ3v) is 8.85. The van der Waals surface area contributed by atoms with Crippen molar-refractivity contribution >= 4 is 0 Å². The molecule has 8 nitrogen and oxygen atoms in total. The molecule has 2 heterocycles. The molecule has 45 heavy (non-hydrogen) atoms. The van der Waals surface area contributed by atoms with Crippen molar-refractivity contribution in [3.8, 4) is 40.2 Å². The van der Waals surface area contributed by atoms with Crippen molar-refractivity contribution in [2.45, 2.75) is 37.8 Å². The second-order valence-electron chi connectivity index (χ2n) is 11.5. The predicted octanol–water partition coefficient (Wildman–Crippen LogP) is 6.38. The Balaban J connectivity index is 1.18. The van der Waals surface area contributed by atoms with Gasteiger partial charge < -0.3 is 39.1 Å². The van der Waals surface area contributed by atoms with Gasteiger partial charge in [0.1, 0.15) is 5.75 Å². The number of hydrogen-bond acceptors (Lipinski definition) is 8. The van der Waals surface area contributed by atoms with E-state index in [4.69, 9.17) is 28.4 Å². The molecule has 0 saturated carbocycles. The Hall–Kier alpha value is -4.40. The second-order valence-corrected chi connectivity index (χ2v) is 11.5. The summed E-state index contributed by atoms with van der Waals surface area (Å²) in [5, 5.41) is 7.36. The van der Waals surface area contributed by atoms with Crippen molar-refractivity contribution in [2.24, 2.45) is 0 Å². The molecule has 0 bridgehead atoms. The molecule has 0 spiro atoms. The second kappa shape index (κ2) is 13.7.